The van der Waals surface area contributed by atoms with E-state index in [0.29, 0.717) is 11.9 Å². The molecule has 0 spiro atoms. The molecule has 0 saturated heterocycles. The first-order valence-electron chi connectivity index (χ1n) is 13.8. The van der Waals surface area contributed by atoms with Crippen LogP contribution in [-0.2, 0) is 0 Å². The van der Waals surface area contributed by atoms with Crippen LogP contribution in [0.15, 0.2) is 109 Å². The van der Waals surface area contributed by atoms with E-state index in [2.05, 4.69) is 144 Å². The molecule has 6 aromatic carbocycles. The molecule has 2 N–H and O–H groups in total. The van der Waals surface area contributed by atoms with Crippen molar-refractivity contribution in [2.75, 3.05) is 10.6 Å². The van der Waals surface area contributed by atoms with Crippen LogP contribution < -0.4 is 10.6 Å². The summed E-state index contributed by atoms with van der Waals surface area (Å²) in [6.07, 6.45) is 0. The number of halogens is 1. The Morgan fingerprint density at radius 3 is 1.15 bits per heavy atom. The molecule has 41 heavy (non-hydrogen) atoms. The van der Waals surface area contributed by atoms with Gasteiger partial charge in [-0.1, -0.05) is 97.1 Å². The second kappa shape index (κ2) is 10.3. The summed E-state index contributed by atoms with van der Waals surface area (Å²) >= 11 is 6.45. The van der Waals surface area contributed by atoms with E-state index < -0.39 is 0 Å². The molecule has 7 rings (SSSR count). The van der Waals surface area contributed by atoms with Crippen LogP contribution in [-0.4, -0.2) is 15.0 Å². The summed E-state index contributed by atoms with van der Waals surface area (Å²) in [6, 6.07) is 38.2. The second-order valence-electron chi connectivity index (χ2n) is 10.4. The largest absolute Gasteiger partial charge is 0.347 e. The maximum Gasteiger partial charge on any atom is 0.229 e. The lowest BCUT2D eigenvalue weighted by molar-refractivity contribution is 0.845. The minimum atomic E-state index is -0.0863. The summed E-state index contributed by atoms with van der Waals surface area (Å²) < 4.78 is 0. The van der Waals surface area contributed by atoms with Gasteiger partial charge in [0.1, 0.15) is 0 Å². The Morgan fingerprint density at radius 2 is 0.805 bits per heavy atom. The quantitative estimate of drug-likeness (QED) is 0.201. The van der Waals surface area contributed by atoms with Gasteiger partial charge in [-0.15, -0.1) is 0 Å². The maximum absolute atomic E-state index is 6.45. The predicted molar refractivity (Wildman–Crippen MR) is 172 cm³/mol. The molecular weight excluding hydrogens is 526 g/mol. The lowest BCUT2D eigenvalue weighted by atomic mass is 9.93. The number of nitrogens with zero attached hydrogens (tertiary/aromatic N) is 3. The lowest BCUT2D eigenvalue weighted by Gasteiger charge is -2.21. The molecule has 0 bridgehead atoms. The van der Waals surface area contributed by atoms with Crippen LogP contribution in [0.4, 0.5) is 11.9 Å². The molecule has 200 valence electrons. The third-order valence-electron chi connectivity index (χ3n) is 7.79. The first kappa shape index (κ1) is 25.2. The zero-order valence-electron chi connectivity index (χ0n) is 22.8. The fourth-order valence-electron chi connectivity index (χ4n) is 6.04. The number of aromatic nitrogens is 3. The standard InChI is InChI=1S/C35H28ClN5/c1-21(31-27-15-7-3-11-23(27)19-24-12-4-8-16-28(24)31)37-34-39-33(36)40-35(41-34)38-22(2)32-29-17-9-5-13-25(29)20-26-14-6-10-18-30(26)32/h3-22H,1-2H3,(H2,37,38,39,40,41)/t21-,22-/m1/s1. The monoisotopic (exact) mass is 553 g/mol. The van der Waals surface area contributed by atoms with E-state index in [1.54, 1.807) is 0 Å². The van der Waals surface area contributed by atoms with Crippen molar-refractivity contribution in [3.05, 3.63) is 126 Å². The van der Waals surface area contributed by atoms with Crippen molar-refractivity contribution in [2.45, 2.75) is 25.9 Å². The molecule has 1 aromatic heterocycles. The summed E-state index contributed by atoms with van der Waals surface area (Å²) in [5.41, 5.74) is 2.39. The Morgan fingerprint density at radius 1 is 0.488 bits per heavy atom. The molecule has 7 aromatic rings. The molecule has 0 aliphatic heterocycles. The predicted octanol–water partition coefficient (Wildman–Crippen LogP) is 9.48. The average molecular weight is 554 g/mol. The molecule has 6 heteroatoms. The van der Waals surface area contributed by atoms with Crippen molar-refractivity contribution in [1.82, 2.24) is 15.0 Å². The molecule has 0 unspecified atom stereocenters. The number of anilines is 2. The van der Waals surface area contributed by atoms with Crippen LogP contribution in [0.25, 0.3) is 43.1 Å². The van der Waals surface area contributed by atoms with Crippen molar-refractivity contribution in [3.63, 3.8) is 0 Å². The molecule has 5 nitrogen and oxygen atoms in total. The van der Waals surface area contributed by atoms with Gasteiger partial charge in [0.05, 0.1) is 12.1 Å². The molecule has 2 atom stereocenters. The molecular formula is C35H28ClN5. The number of hydrogen-bond acceptors (Lipinski definition) is 5. The molecule has 0 aliphatic rings. The van der Waals surface area contributed by atoms with Crippen molar-refractivity contribution in [3.8, 4) is 0 Å². The fourth-order valence-corrected chi connectivity index (χ4v) is 6.20. The van der Waals surface area contributed by atoms with E-state index in [1.807, 2.05) is 0 Å². The zero-order chi connectivity index (χ0) is 27.9. The molecule has 0 amide bonds. The Bertz CT molecular complexity index is 1820. The zero-order valence-corrected chi connectivity index (χ0v) is 23.5. The Balaban J connectivity index is 1.25. The van der Waals surface area contributed by atoms with Crippen molar-refractivity contribution in [2.24, 2.45) is 0 Å². The summed E-state index contributed by atoms with van der Waals surface area (Å²) in [7, 11) is 0. The topological polar surface area (TPSA) is 62.7 Å². The van der Waals surface area contributed by atoms with E-state index >= 15 is 0 Å². The number of nitrogens with one attached hydrogen (secondary N) is 2. The van der Waals surface area contributed by atoms with E-state index in [-0.39, 0.29) is 17.4 Å². The van der Waals surface area contributed by atoms with Crippen LogP contribution in [0.3, 0.4) is 0 Å². The number of rotatable bonds is 6. The SMILES string of the molecule is C[C@@H](Nc1nc(Cl)nc(N[C@H](C)c2c3ccccc3cc3ccccc23)n1)c1c2ccccc2cc2ccccc12. The molecule has 0 aliphatic carbocycles. The van der Waals surface area contributed by atoms with Crippen LogP contribution in [0.1, 0.15) is 37.1 Å². The molecule has 1 heterocycles. The highest BCUT2D eigenvalue weighted by Gasteiger charge is 2.18. The van der Waals surface area contributed by atoms with Crippen LogP contribution in [0, 0.1) is 0 Å². The third-order valence-corrected chi connectivity index (χ3v) is 7.96. The van der Waals surface area contributed by atoms with Gasteiger partial charge in [-0.05, 0) is 91.8 Å². The smallest absolute Gasteiger partial charge is 0.229 e. The van der Waals surface area contributed by atoms with Crippen LogP contribution in [0.2, 0.25) is 5.28 Å². The highest BCUT2D eigenvalue weighted by molar-refractivity contribution is 6.28. The molecule has 0 radical (unpaired) electrons. The molecule has 0 saturated carbocycles. The minimum Gasteiger partial charge on any atom is -0.347 e. The van der Waals surface area contributed by atoms with Crippen LogP contribution in [0.5, 0.6) is 0 Å². The number of fused-ring (bicyclic) bond motifs is 4. The summed E-state index contributed by atoms with van der Waals surface area (Å²) in [6.45, 7) is 4.26. The minimum absolute atomic E-state index is 0.0863. The number of hydrogen-bond donors (Lipinski definition) is 2. The van der Waals surface area contributed by atoms with Crippen LogP contribution >= 0.6 is 11.6 Å². The average Bonchev–Trinajstić information content (AvgIpc) is 2.98. The number of benzene rings is 6. The summed E-state index contributed by atoms with van der Waals surface area (Å²) in [4.78, 5) is 13.6. The third kappa shape index (κ3) is 4.68. The summed E-state index contributed by atoms with van der Waals surface area (Å²) in [5.74, 6) is 0.846. The maximum atomic E-state index is 6.45. The Hall–Kier alpha value is -4.74. The van der Waals surface area contributed by atoms with Gasteiger partial charge in [0.2, 0.25) is 17.2 Å². The van der Waals surface area contributed by atoms with E-state index in [1.165, 1.54) is 54.2 Å². The van der Waals surface area contributed by atoms with Gasteiger partial charge in [-0.25, -0.2) is 0 Å². The van der Waals surface area contributed by atoms with Gasteiger partial charge >= 0.3 is 0 Å². The van der Waals surface area contributed by atoms with Crippen molar-refractivity contribution < 1.29 is 0 Å². The van der Waals surface area contributed by atoms with E-state index in [9.17, 15) is 0 Å². The Labute approximate surface area is 243 Å². The van der Waals surface area contributed by atoms with Gasteiger partial charge in [-0.3, -0.25) is 0 Å². The molecule has 0 fully saturated rings. The summed E-state index contributed by atoms with van der Waals surface area (Å²) in [5, 5.41) is 16.7. The fraction of sp³-hybridized carbons (Fsp3) is 0.114. The van der Waals surface area contributed by atoms with Gasteiger partial charge in [0, 0.05) is 0 Å². The highest BCUT2D eigenvalue weighted by atomic mass is 35.5. The normalized spacial score (nSPS) is 13.0. The highest BCUT2D eigenvalue weighted by Crippen LogP contribution is 2.36. The second-order valence-corrected chi connectivity index (χ2v) is 10.8. The van der Waals surface area contributed by atoms with Gasteiger partial charge in [-0.2, -0.15) is 15.0 Å². The van der Waals surface area contributed by atoms with Gasteiger partial charge < -0.3 is 10.6 Å². The van der Waals surface area contributed by atoms with E-state index in [4.69, 9.17) is 16.6 Å². The van der Waals surface area contributed by atoms with Gasteiger partial charge in [0.25, 0.3) is 0 Å². The van der Waals surface area contributed by atoms with Crippen molar-refractivity contribution in [1.29, 1.82) is 0 Å². The lowest BCUT2D eigenvalue weighted by Crippen LogP contribution is -2.15. The van der Waals surface area contributed by atoms with Crippen molar-refractivity contribution >= 4 is 66.6 Å². The van der Waals surface area contributed by atoms with E-state index in [0.717, 1.165) is 0 Å². The Kier molecular flexibility index (Phi) is 6.37. The first-order valence-corrected chi connectivity index (χ1v) is 14.2. The first-order chi connectivity index (χ1) is 20.0. The van der Waals surface area contributed by atoms with Gasteiger partial charge in [0.15, 0.2) is 0 Å².